The van der Waals surface area contributed by atoms with Crippen molar-refractivity contribution in [1.29, 1.82) is 0 Å². The lowest BCUT2D eigenvalue weighted by Gasteiger charge is -2.27. The molecular weight excluding hydrogens is 286 g/mol. The molecule has 0 N–H and O–H groups in total. The van der Waals surface area contributed by atoms with Gasteiger partial charge in [-0.2, -0.15) is 4.31 Å². The van der Waals surface area contributed by atoms with Crippen molar-refractivity contribution >= 4 is 10.0 Å². The van der Waals surface area contributed by atoms with Gasteiger partial charge in [-0.1, -0.05) is 17.7 Å². The van der Waals surface area contributed by atoms with E-state index in [0.29, 0.717) is 24.4 Å². The molecule has 2 aromatic rings. The number of nitrogens with zero attached hydrogens (tertiary/aromatic N) is 3. The molecule has 1 aliphatic heterocycles. The van der Waals surface area contributed by atoms with Crippen molar-refractivity contribution in [2.75, 3.05) is 6.54 Å². The van der Waals surface area contributed by atoms with Gasteiger partial charge in [0.15, 0.2) is 0 Å². The topological polar surface area (TPSA) is 55.2 Å². The summed E-state index contributed by atoms with van der Waals surface area (Å²) in [5, 5.41) is 0. The van der Waals surface area contributed by atoms with Crippen LogP contribution in [0.4, 0.5) is 0 Å². The SMILES string of the molecule is Cc1ccc(S(=O)(=O)N2CCc3ncn(C)c3C2)c(C)c1. The van der Waals surface area contributed by atoms with Crippen molar-refractivity contribution < 1.29 is 8.42 Å². The predicted molar refractivity (Wildman–Crippen MR) is 80.4 cm³/mol. The molecule has 0 saturated carbocycles. The van der Waals surface area contributed by atoms with E-state index < -0.39 is 10.0 Å². The summed E-state index contributed by atoms with van der Waals surface area (Å²) >= 11 is 0. The van der Waals surface area contributed by atoms with Crippen LogP contribution in [0.5, 0.6) is 0 Å². The average Bonchev–Trinajstić information content (AvgIpc) is 2.79. The van der Waals surface area contributed by atoms with E-state index in [-0.39, 0.29) is 0 Å². The standard InChI is InChI=1S/C15H19N3O2S/c1-11-4-5-15(12(2)8-11)21(19,20)18-7-6-13-14(9-18)17(3)10-16-13/h4-5,8,10H,6-7,9H2,1-3H3. The van der Waals surface area contributed by atoms with Gasteiger partial charge in [0.1, 0.15) is 0 Å². The first-order valence-electron chi connectivity index (χ1n) is 6.96. The zero-order valence-corrected chi connectivity index (χ0v) is 13.3. The van der Waals surface area contributed by atoms with E-state index in [9.17, 15) is 8.42 Å². The van der Waals surface area contributed by atoms with Gasteiger partial charge in [0.05, 0.1) is 29.2 Å². The Bertz CT molecular complexity index is 793. The van der Waals surface area contributed by atoms with Gasteiger partial charge in [-0.05, 0) is 25.5 Å². The normalized spacial score (nSPS) is 16.0. The van der Waals surface area contributed by atoms with Crippen molar-refractivity contribution in [3.63, 3.8) is 0 Å². The van der Waals surface area contributed by atoms with Crippen LogP contribution < -0.4 is 0 Å². The second-order valence-corrected chi connectivity index (χ2v) is 7.51. The number of sulfonamides is 1. The highest BCUT2D eigenvalue weighted by atomic mass is 32.2. The van der Waals surface area contributed by atoms with Crippen molar-refractivity contribution in [3.05, 3.63) is 47.0 Å². The van der Waals surface area contributed by atoms with Crippen LogP contribution in [-0.4, -0.2) is 28.8 Å². The molecule has 1 aliphatic rings. The molecule has 0 radical (unpaired) electrons. The molecule has 0 unspecified atom stereocenters. The van der Waals surface area contributed by atoms with Gasteiger partial charge in [0.2, 0.25) is 10.0 Å². The highest BCUT2D eigenvalue weighted by Gasteiger charge is 2.31. The van der Waals surface area contributed by atoms with E-state index in [1.807, 2.05) is 37.6 Å². The summed E-state index contributed by atoms with van der Waals surface area (Å²) in [6, 6.07) is 5.46. The summed E-state index contributed by atoms with van der Waals surface area (Å²) in [5.41, 5.74) is 3.85. The van der Waals surface area contributed by atoms with Gasteiger partial charge in [0, 0.05) is 20.0 Å². The zero-order valence-electron chi connectivity index (χ0n) is 12.5. The Kier molecular flexibility index (Phi) is 3.37. The molecule has 0 saturated heterocycles. The van der Waals surface area contributed by atoms with E-state index in [0.717, 1.165) is 22.5 Å². The maximum absolute atomic E-state index is 12.9. The maximum atomic E-state index is 12.9. The number of imidazole rings is 1. The Morgan fingerprint density at radius 1 is 1.24 bits per heavy atom. The second kappa shape index (κ2) is 4.96. The Balaban J connectivity index is 1.98. The lowest BCUT2D eigenvalue weighted by Crippen LogP contribution is -2.37. The number of hydrogen-bond acceptors (Lipinski definition) is 3. The van der Waals surface area contributed by atoms with Gasteiger partial charge in [-0.15, -0.1) is 0 Å². The lowest BCUT2D eigenvalue weighted by molar-refractivity contribution is 0.380. The van der Waals surface area contributed by atoms with E-state index in [4.69, 9.17) is 0 Å². The van der Waals surface area contributed by atoms with Crippen LogP contribution in [0.1, 0.15) is 22.5 Å². The molecule has 21 heavy (non-hydrogen) atoms. The van der Waals surface area contributed by atoms with E-state index in [1.54, 1.807) is 16.7 Å². The minimum absolute atomic E-state index is 0.390. The van der Waals surface area contributed by atoms with Gasteiger partial charge < -0.3 is 4.57 Å². The first-order valence-corrected chi connectivity index (χ1v) is 8.40. The van der Waals surface area contributed by atoms with Gasteiger partial charge in [-0.25, -0.2) is 13.4 Å². The summed E-state index contributed by atoms with van der Waals surface area (Å²) < 4.78 is 29.2. The third-order valence-electron chi connectivity index (χ3n) is 4.02. The molecule has 0 spiro atoms. The molecule has 0 aliphatic carbocycles. The molecule has 1 aromatic carbocycles. The van der Waals surface area contributed by atoms with Crippen LogP contribution in [0.15, 0.2) is 29.4 Å². The summed E-state index contributed by atoms with van der Waals surface area (Å²) in [6.07, 6.45) is 2.41. The second-order valence-electron chi connectivity index (χ2n) is 5.61. The molecule has 0 fully saturated rings. The summed E-state index contributed by atoms with van der Waals surface area (Å²) in [4.78, 5) is 4.72. The van der Waals surface area contributed by atoms with Crippen LogP contribution >= 0.6 is 0 Å². The lowest BCUT2D eigenvalue weighted by atomic mass is 10.2. The molecule has 1 aromatic heterocycles. The van der Waals surface area contributed by atoms with Gasteiger partial charge in [0.25, 0.3) is 0 Å². The van der Waals surface area contributed by atoms with E-state index in [1.165, 1.54) is 0 Å². The molecule has 0 amide bonds. The fraction of sp³-hybridized carbons (Fsp3) is 0.400. The van der Waals surface area contributed by atoms with Gasteiger partial charge >= 0.3 is 0 Å². The van der Waals surface area contributed by atoms with Crippen molar-refractivity contribution in [3.8, 4) is 0 Å². The smallest absolute Gasteiger partial charge is 0.243 e. The zero-order chi connectivity index (χ0) is 15.2. The highest BCUT2D eigenvalue weighted by molar-refractivity contribution is 7.89. The Hall–Kier alpha value is -1.66. The number of aromatic nitrogens is 2. The van der Waals surface area contributed by atoms with Gasteiger partial charge in [-0.3, -0.25) is 0 Å². The van der Waals surface area contributed by atoms with E-state index in [2.05, 4.69) is 4.98 Å². The molecule has 0 bridgehead atoms. The molecule has 0 atom stereocenters. The van der Waals surface area contributed by atoms with Crippen molar-refractivity contribution in [1.82, 2.24) is 13.9 Å². The molecule has 2 heterocycles. The summed E-state index contributed by atoms with van der Waals surface area (Å²) in [6.45, 7) is 4.69. The van der Waals surface area contributed by atoms with Crippen LogP contribution in [0.25, 0.3) is 0 Å². The number of rotatable bonds is 2. The fourth-order valence-corrected chi connectivity index (χ4v) is 4.43. The molecular formula is C15H19N3O2S. The van der Waals surface area contributed by atoms with E-state index >= 15 is 0 Å². The third-order valence-corrected chi connectivity index (χ3v) is 6.02. The Labute approximate surface area is 125 Å². The molecule has 112 valence electrons. The molecule has 3 rings (SSSR count). The van der Waals surface area contributed by atoms with Crippen molar-refractivity contribution in [2.45, 2.75) is 31.7 Å². The quantitative estimate of drug-likeness (QED) is 0.850. The van der Waals surface area contributed by atoms with Crippen LogP contribution in [0, 0.1) is 13.8 Å². The maximum Gasteiger partial charge on any atom is 0.243 e. The predicted octanol–water partition coefficient (Wildman–Crippen LogP) is 1.78. The minimum atomic E-state index is -3.45. The number of fused-ring (bicyclic) bond motifs is 1. The van der Waals surface area contributed by atoms with Crippen LogP contribution in [0.3, 0.4) is 0 Å². The Morgan fingerprint density at radius 2 is 2.00 bits per heavy atom. The average molecular weight is 305 g/mol. The van der Waals surface area contributed by atoms with Crippen LogP contribution in [0.2, 0.25) is 0 Å². The number of aryl methyl sites for hydroxylation is 3. The summed E-state index contributed by atoms with van der Waals surface area (Å²) in [7, 11) is -1.55. The minimum Gasteiger partial charge on any atom is -0.336 e. The monoisotopic (exact) mass is 305 g/mol. The first kappa shape index (κ1) is 14.3. The molecule has 6 heteroatoms. The first-order chi connectivity index (χ1) is 9.89. The highest BCUT2D eigenvalue weighted by Crippen LogP contribution is 2.26. The van der Waals surface area contributed by atoms with Crippen molar-refractivity contribution in [2.24, 2.45) is 7.05 Å². The van der Waals surface area contributed by atoms with Crippen LogP contribution in [-0.2, 0) is 30.0 Å². The third kappa shape index (κ3) is 2.38. The number of hydrogen-bond donors (Lipinski definition) is 0. The fourth-order valence-electron chi connectivity index (χ4n) is 2.83. The Morgan fingerprint density at radius 3 is 2.71 bits per heavy atom. The summed E-state index contributed by atoms with van der Waals surface area (Å²) in [5.74, 6) is 0. The molecule has 5 nitrogen and oxygen atoms in total. The largest absolute Gasteiger partial charge is 0.336 e. The number of benzene rings is 1.